The quantitative estimate of drug-likeness (QED) is 0.773. The van der Waals surface area contributed by atoms with Gasteiger partial charge in [-0.3, -0.25) is 0 Å². The van der Waals surface area contributed by atoms with Crippen LogP contribution in [0, 0.1) is 11.6 Å². The summed E-state index contributed by atoms with van der Waals surface area (Å²) in [5, 5.41) is 9.27. The second kappa shape index (κ2) is 4.59. The molecule has 0 unspecified atom stereocenters. The van der Waals surface area contributed by atoms with Crippen molar-refractivity contribution in [3.63, 3.8) is 0 Å². The summed E-state index contributed by atoms with van der Waals surface area (Å²) < 4.78 is 29.1. The minimum absolute atomic E-state index is 0.142. The second-order valence-corrected chi connectivity index (χ2v) is 4.48. The number of aromatic hydroxyl groups is 1. The van der Waals surface area contributed by atoms with Crippen LogP contribution in [0.1, 0.15) is 6.92 Å². The minimum Gasteiger partial charge on any atom is -0.508 e. The average molecular weight is 274 g/mol. The van der Waals surface area contributed by atoms with E-state index in [0.717, 1.165) is 6.07 Å². The van der Waals surface area contributed by atoms with Gasteiger partial charge in [0.1, 0.15) is 23.2 Å². The molecule has 0 aliphatic carbocycles. The molecule has 20 heavy (non-hydrogen) atoms. The van der Waals surface area contributed by atoms with E-state index in [9.17, 15) is 13.9 Å². The Bertz CT molecular complexity index is 796. The lowest BCUT2D eigenvalue weighted by Crippen LogP contribution is -1.99. The molecule has 1 N–H and O–H groups in total. The fourth-order valence-electron chi connectivity index (χ4n) is 2.31. The summed E-state index contributed by atoms with van der Waals surface area (Å²) in [5.74, 6) is -0.637. The molecule has 0 atom stereocenters. The molecule has 0 saturated heterocycles. The SMILES string of the molecule is CCn1c(-c2ccc(O)cc2F)nc2ccc(F)cc21. The Kier molecular flexibility index (Phi) is 2.89. The molecule has 3 nitrogen and oxygen atoms in total. The molecule has 1 aromatic heterocycles. The van der Waals surface area contributed by atoms with Crippen LogP contribution in [0.25, 0.3) is 22.4 Å². The maximum Gasteiger partial charge on any atom is 0.144 e. The Balaban J connectivity index is 2.30. The van der Waals surface area contributed by atoms with Crippen molar-refractivity contribution in [2.75, 3.05) is 0 Å². The van der Waals surface area contributed by atoms with Gasteiger partial charge in [0.15, 0.2) is 0 Å². The van der Waals surface area contributed by atoms with Crippen molar-refractivity contribution < 1.29 is 13.9 Å². The van der Waals surface area contributed by atoms with Gasteiger partial charge in [0, 0.05) is 12.6 Å². The first-order valence-corrected chi connectivity index (χ1v) is 6.25. The molecule has 5 heteroatoms. The first-order valence-electron chi connectivity index (χ1n) is 6.25. The van der Waals surface area contributed by atoms with Crippen LogP contribution in [-0.2, 0) is 6.54 Å². The van der Waals surface area contributed by atoms with Crippen molar-refractivity contribution in [3.8, 4) is 17.1 Å². The van der Waals surface area contributed by atoms with E-state index in [1.54, 1.807) is 10.6 Å². The van der Waals surface area contributed by atoms with Crippen LogP contribution in [-0.4, -0.2) is 14.7 Å². The standard InChI is InChI=1S/C15H12F2N2O/c1-2-19-14-7-9(16)3-6-13(14)18-15(19)11-5-4-10(20)8-12(11)17/h3-8,20H,2H2,1H3. The van der Waals surface area contributed by atoms with Crippen LogP contribution in [0.3, 0.4) is 0 Å². The summed E-state index contributed by atoms with van der Waals surface area (Å²) in [4.78, 5) is 4.36. The molecule has 0 amide bonds. The Morgan fingerprint density at radius 1 is 1.15 bits per heavy atom. The van der Waals surface area contributed by atoms with Gasteiger partial charge in [0.2, 0.25) is 0 Å². The third kappa shape index (κ3) is 1.91. The first-order chi connectivity index (χ1) is 9.60. The maximum absolute atomic E-state index is 14.0. The van der Waals surface area contributed by atoms with Gasteiger partial charge in [-0.1, -0.05) is 0 Å². The maximum atomic E-state index is 14.0. The lowest BCUT2D eigenvalue weighted by atomic mass is 10.2. The zero-order valence-electron chi connectivity index (χ0n) is 10.8. The number of hydrogen-bond acceptors (Lipinski definition) is 2. The van der Waals surface area contributed by atoms with Gasteiger partial charge in [-0.2, -0.15) is 0 Å². The van der Waals surface area contributed by atoms with Gasteiger partial charge < -0.3 is 9.67 Å². The summed E-state index contributed by atoms with van der Waals surface area (Å²) in [6.07, 6.45) is 0. The lowest BCUT2D eigenvalue weighted by molar-refractivity contribution is 0.469. The van der Waals surface area contributed by atoms with E-state index in [1.165, 1.54) is 24.3 Å². The Morgan fingerprint density at radius 2 is 1.95 bits per heavy atom. The Labute approximate surface area is 114 Å². The number of nitrogens with zero attached hydrogens (tertiary/aromatic N) is 2. The zero-order valence-corrected chi connectivity index (χ0v) is 10.8. The number of phenolic OH excluding ortho intramolecular Hbond substituents is 1. The number of benzene rings is 2. The van der Waals surface area contributed by atoms with Gasteiger partial charge >= 0.3 is 0 Å². The molecule has 0 radical (unpaired) electrons. The number of hydrogen-bond donors (Lipinski definition) is 1. The number of imidazole rings is 1. The normalized spacial score (nSPS) is 11.2. The molecule has 0 bridgehead atoms. The largest absolute Gasteiger partial charge is 0.508 e. The highest BCUT2D eigenvalue weighted by atomic mass is 19.1. The Hall–Kier alpha value is -2.43. The molecule has 0 aliphatic rings. The summed E-state index contributed by atoms with van der Waals surface area (Å²) in [7, 11) is 0. The van der Waals surface area contributed by atoms with Gasteiger partial charge in [0.25, 0.3) is 0 Å². The zero-order chi connectivity index (χ0) is 14.3. The van der Waals surface area contributed by atoms with Crippen LogP contribution < -0.4 is 0 Å². The monoisotopic (exact) mass is 274 g/mol. The summed E-state index contributed by atoms with van der Waals surface area (Å²) in [5.41, 5.74) is 1.51. The van der Waals surface area contributed by atoms with E-state index in [1.807, 2.05) is 6.92 Å². The highest BCUT2D eigenvalue weighted by Crippen LogP contribution is 2.29. The highest BCUT2D eigenvalue weighted by Gasteiger charge is 2.15. The molecule has 0 saturated carbocycles. The number of halogens is 2. The molecule has 1 heterocycles. The minimum atomic E-state index is -0.560. The molecule has 0 spiro atoms. The fourth-order valence-corrected chi connectivity index (χ4v) is 2.31. The van der Waals surface area contributed by atoms with E-state index in [0.29, 0.717) is 23.4 Å². The number of fused-ring (bicyclic) bond motifs is 1. The van der Waals surface area contributed by atoms with Crippen molar-refractivity contribution >= 4 is 11.0 Å². The first kappa shape index (κ1) is 12.6. The predicted molar refractivity (Wildman–Crippen MR) is 72.4 cm³/mol. The van der Waals surface area contributed by atoms with Crippen LogP contribution in [0.15, 0.2) is 36.4 Å². The summed E-state index contributed by atoms with van der Waals surface area (Å²) in [6, 6.07) is 8.18. The van der Waals surface area contributed by atoms with Crippen molar-refractivity contribution in [1.29, 1.82) is 0 Å². The third-order valence-corrected chi connectivity index (χ3v) is 3.22. The molecular formula is C15H12F2N2O. The molecule has 3 rings (SSSR count). The topological polar surface area (TPSA) is 38.0 Å². The van der Waals surface area contributed by atoms with E-state index in [-0.39, 0.29) is 17.1 Å². The smallest absolute Gasteiger partial charge is 0.144 e. The van der Waals surface area contributed by atoms with E-state index in [2.05, 4.69) is 4.98 Å². The van der Waals surface area contributed by atoms with Gasteiger partial charge in [-0.15, -0.1) is 0 Å². The molecule has 2 aromatic carbocycles. The molecular weight excluding hydrogens is 262 g/mol. The lowest BCUT2D eigenvalue weighted by Gasteiger charge is -2.07. The van der Waals surface area contributed by atoms with Gasteiger partial charge in [-0.05, 0) is 37.3 Å². The van der Waals surface area contributed by atoms with E-state index in [4.69, 9.17) is 0 Å². The molecule has 3 aromatic rings. The molecule has 0 fully saturated rings. The predicted octanol–water partition coefficient (Wildman–Crippen LogP) is 3.71. The van der Waals surface area contributed by atoms with Crippen molar-refractivity contribution in [2.24, 2.45) is 0 Å². The van der Waals surface area contributed by atoms with Crippen molar-refractivity contribution in [1.82, 2.24) is 9.55 Å². The second-order valence-electron chi connectivity index (χ2n) is 4.48. The van der Waals surface area contributed by atoms with Crippen molar-refractivity contribution in [3.05, 3.63) is 48.0 Å². The number of phenols is 1. The van der Waals surface area contributed by atoms with Gasteiger partial charge in [0.05, 0.1) is 16.6 Å². The number of aryl methyl sites for hydroxylation is 1. The van der Waals surface area contributed by atoms with Crippen LogP contribution in [0.5, 0.6) is 5.75 Å². The van der Waals surface area contributed by atoms with E-state index < -0.39 is 5.82 Å². The molecule has 102 valence electrons. The number of aromatic nitrogens is 2. The third-order valence-electron chi connectivity index (χ3n) is 3.22. The Morgan fingerprint density at radius 3 is 2.65 bits per heavy atom. The highest BCUT2D eigenvalue weighted by molar-refractivity contribution is 5.81. The van der Waals surface area contributed by atoms with Crippen LogP contribution in [0.2, 0.25) is 0 Å². The average Bonchev–Trinajstić information content (AvgIpc) is 2.76. The van der Waals surface area contributed by atoms with Crippen molar-refractivity contribution in [2.45, 2.75) is 13.5 Å². The number of rotatable bonds is 2. The van der Waals surface area contributed by atoms with Gasteiger partial charge in [-0.25, -0.2) is 13.8 Å². The fraction of sp³-hybridized carbons (Fsp3) is 0.133. The van der Waals surface area contributed by atoms with Crippen LogP contribution >= 0.6 is 0 Å². The molecule has 0 aliphatic heterocycles. The van der Waals surface area contributed by atoms with Crippen LogP contribution in [0.4, 0.5) is 8.78 Å². The van der Waals surface area contributed by atoms with E-state index >= 15 is 0 Å². The summed E-state index contributed by atoms with van der Waals surface area (Å²) >= 11 is 0. The summed E-state index contributed by atoms with van der Waals surface area (Å²) in [6.45, 7) is 2.42.